The fourth-order valence-electron chi connectivity index (χ4n) is 4.99. The molecule has 2 bridgehead atoms. The molecule has 2 atom stereocenters. The van der Waals surface area contributed by atoms with Crippen molar-refractivity contribution in [1.82, 2.24) is 24.3 Å². The maximum atomic E-state index is 13.1. The molecule has 1 N–H and O–H groups in total. The molecule has 2 aromatic rings. The summed E-state index contributed by atoms with van der Waals surface area (Å²) in [7, 11) is 0. The van der Waals surface area contributed by atoms with E-state index in [-0.39, 0.29) is 17.4 Å². The number of carbonyl (C=O) groups is 1. The summed E-state index contributed by atoms with van der Waals surface area (Å²) in [5.74, 6) is 0.907. The van der Waals surface area contributed by atoms with Gasteiger partial charge >= 0.3 is 0 Å². The summed E-state index contributed by atoms with van der Waals surface area (Å²) in [6.45, 7) is 5.00. The van der Waals surface area contributed by atoms with E-state index in [9.17, 15) is 9.59 Å². The lowest BCUT2D eigenvalue weighted by Gasteiger charge is -2.42. The van der Waals surface area contributed by atoms with Gasteiger partial charge in [0.05, 0.1) is 0 Å². The SMILES string of the molecule is O=C(c1ncc[nH]1)N1C[C@@H]2C[C@H](C1)c1ccc(CN3CCCC3)c(=O)n1C2. The fourth-order valence-corrected chi connectivity index (χ4v) is 4.99. The Hall–Kier alpha value is -2.41. The van der Waals surface area contributed by atoms with E-state index in [0.717, 1.165) is 37.3 Å². The Morgan fingerprint density at radius 3 is 2.81 bits per heavy atom. The molecule has 0 saturated carbocycles. The van der Waals surface area contributed by atoms with Crippen molar-refractivity contribution in [3.8, 4) is 0 Å². The number of aromatic amines is 1. The van der Waals surface area contributed by atoms with Gasteiger partial charge in [-0.1, -0.05) is 6.07 Å². The minimum absolute atomic E-state index is 0.0452. The van der Waals surface area contributed by atoms with Crippen LogP contribution in [-0.2, 0) is 13.1 Å². The zero-order valence-corrected chi connectivity index (χ0v) is 15.4. The number of nitrogens with one attached hydrogen (secondary N) is 1. The van der Waals surface area contributed by atoms with Gasteiger partial charge in [-0.2, -0.15) is 0 Å². The summed E-state index contributed by atoms with van der Waals surface area (Å²) in [6.07, 6.45) is 6.79. The van der Waals surface area contributed by atoms with Gasteiger partial charge < -0.3 is 14.5 Å². The highest BCUT2D eigenvalue weighted by Gasteiger charge is 2.37. The van der Waals surface area contributed by atoms with Crippen molar-refractivity contribution in [3.63, 3.8) is 0 Å². The Balaban J connectivity index is 1.40. The van der Waals surface area contributed by atoms with Crippen LogP contribution in [0.15, 0.2) is 29.3 Å². The number of rotatable bonds is 3. The minimum atomic E-state index is -0.0452. The maximum Gasteiger partial charge on any atom is 0.289 e. The number of amides is 1. The maximum absolute atomic E-state index is 13.1. The topological polar surface area (TPSA) is 74.2 Å². The molecule has 7 nitrogen and oxygen atoms in total. The molecule has 7 heteroatoms. The highest BCUT2D eigenvalue weighted by Crippen LogP contribution is 2.35. The molecule has 27 heavy (non-hydrogen) atoms. The van der Waals surface area contributed by atoms with E-state index >= 15 is 0 Å². The Morgan fingerprint density at radius 1 is 1.19 bits per heavy atom. The molecule has 2 aromatic heterocycles. The quantitative estimate of drug-likeness (QED) is 0.891. The van der Waals surface area contributed by atoms with Gasteiger partial charge in [-0.3, -0.25) is 14.5 Å². The van der Waals surface area contributed by atoms with Gasteiger partial charge in [0.25, 0.3) is 11.5 Å². The molecule has 0 radical (unpaired) electrons. The number of hydrogen-bond acceptors (Lipinski definition) is 4. The fraction of sp³-hybridized carbons (Fsp3) is 0.550. The summed E-state index contributed by atoms with van der Waals surface area (Å²) in [5.41, 5.74) is 2.16. The van der Waals surface area contributed by atoms with Crippen LogP contribution in [0.4, 0.5) is 0 Å². The number of piperidine rings is 1. The van der Waals surface area contributed by atoms with Gasteiger partial charge in [-0.15, -0.1) is 0 Å². The smallest absolute Gasteiger partial charge is 0.289 e. The van der Waals surface area contributed by atoms with Gasteiger partial charge in [0, 0.05) is 55.7 Å². The summed E-state index contributed by atoms with van der Waals surface area (Å²) in [6, 6.07) is 4.13. The zero-order chi connectivity index (χ0) is 18.4. The average Bonchev–Trinajstić information content (AvgIpc) is 3.37. The van der Waals surface area contributed by atoms with Crippen LogP contribution in [0, 0.1) is 5.92 Å². The van der Waals surface area contributed by atoms with E-state index in [4.69, 9.17) is 0 Å². The summed E-state index contributed by atoms with van der Waals surface area (Å²) >= 11 is 0. The molecule has 0 aromatic carbocycles. The third-order valence-electron chi connectivity index (χ3n) is 6.26. The standard InChI is InChI=1S/C20H25N5O2/c26-19-15(12-23-7-1-2-8-23)3-4-17-16-9-14(11-25(17)19)10-24(13-16)20(27)18-21-5-6-22-18/h3-6,14,16H,1-2,7-13H2,(H,21,22)/t14-,16+/m0/s1. The molecule has 5 heterocycles. The van der Waals surface area contributed by atoms with Crippen LogP contribution < -0.4 is 5.56 Å². The first-order chi connectivity index (χ1) is 13.2. The molecule has 142 valence electrons. The predicted molar refractivity (Wildman–Crippen MR) is 101 cm³/mol. The number of pyridine rings is 1. The lowest BCUT2D eigenvalue weighted by molar-refractivity contribution is 0.0583. The van der Waals surface area contributed by atoms with E-state index in [2.05, 4.69) is 20.9 Å². The number of fused-ring (bicyclic) bond motifs is 4. The molecule has 1 amide bonds. The summed E-state index contributed by atoms with van der Waals surface area (Å²) < 4.78 is 1.99. The largest absolute Gasteiger partial charge is 0.341 e. The lowest BCUT2D eigenvalue weighted by Crippen LogP contribution is -2.49. The van der Waals surface area contributed by atoms with Crippen molar-refractivity contribution < 1.29 is 4.79 Å². The van der Waals surface area contributed by atoms with E-state index < -0.39 is 0 Å². The van der Waals surface area contributed by atoms with Gasteiger partial charge in [0.1, 0.15) is 0 Å². The minimum Gasteiger partial charge on any atom is -0.341 e. The molecule has 5 rings (SSSR count). The van der Waals surface area contributed by atoms with Crippen molar-refractivity contribution >= 4 is 5.91 Å². The first-order valence-electron chi connectivity index (χ1n) is 9.92. The van der Waals surface area contributed by atoms with Crippen LogP contribution in [0.3, 0.4) is 0 Å². The third kappa shape index (κ3) is 3.00. The van der Waals surface area contributed by atoms with Crippen LogP contribution >= 0.6 is 0 Å². The first kappa shape index (κ1) is 16.7. The van der Waals surface area contributed by atoms with Crippen LogP contribution in [0.2, 0.25) is 0 Å². The van der Waals surface area contributed by atoms with Crippen LogP contribution in [0.25, 0.3) is 0 Å². The van der Waals surface area contributed by atoms with Crippen molar-refractivity contribution in [2.45, 2.75) is 38.3 Å². The Morgan fingerprint density at radius 2 is 2.04 bits per heavy atom. The number of carbonyl (C=O) groups excluding carboxylic acids is 1. The second kappa shape index (κ2) is 6.64. The predicted octanol–water partition coefficient (Wildman–Crippen LogP) is 1.43. The lowest BCUT2D eigenvalue weighted by atomic mass is 9.83. The molecule has 3 aliphatic heterocycles. The molecule has 0 spiro atoms. The van der Waals surface area contributed by atoms with E-state index in [1.807, 2.05) is 15.5 Å². The Labute approximate surface area is 158 Å². The van der Waals surface area contributed by atoms with Crippen LogP contribution in [-0.4, -0.2) is 56.4 Å². The number of H-pyrrole nitrogens is 1. The van der Waals surface area contributed by atoms with Gasteiger partial charge in [0.2, 0.25) is 0 Å². The molecule has 3 aliphatic rings. The number of aromatic nitrogens is 3. The van der Waals surface area contributed by atoms with Crippen molar-refractivity contribution in [3.05, 3.63) is 52.0 Å². The monoisotopic (exact) mass is 367 g/mol. The van der Waals surface area contributed by atoms with Crippen molar-refractivity contribution in [2.24, 2.45) is 5.92 Å². The number of likely N-dealkylation sites (tertiary alicyclic amines) is 2. The second-order valence-corrected chi connectivity index (χ2v) is 8.13. The highest BCUT2D eigenvalue weighted by atomic mass is 16.2. The Kier molecular flexibility index (Phi) is 4.11. The molecule has 0 aliphatic carbocycles. The number of nitrogens with zero attached hydrogens (tertiary/aromatic N) is 4. The number of hydrogen-bond donors (Lipinski definition) is 1. The molecule has 2 saturated heterocycles. The van der Waals surface area contributed by atoms with E-state index in [1.165, 1.54) is 12.8 Å². The summed E-state index contributed by atoms with van der Waals surface area (Å²) in [4.78, 5) is 37.0. The molecular formula is C20H25N5O2. The highest BCUT2D eigenvalue weighted by molar-refractivity contribution is 5.90. The first-order valence-corrected chi connectivity index (χ1v) is 9.92. The normalized spacial score (nSPS) is 24.8. The molecule has 2 fully saturated rings. The van der Waals surface area contributed by atoms with E-state index in [0.29, 0.717) is 31.4 Å². The van der Waals surface area contributed by atoms with Gasteiger partial charge in [-0.25, -0.2) is 4.98 Å². The van der Waals surface area contributed by atoms with Gasteiger partial charge in [-0.05, 0) is 44.3 Å². The van der Waals surface area contributed by atoms with Crippen LogP contribution in [0.1, 0.15) is 47.1 Å². The van der Waals surface area contributed by atoms with E-state index in [1.54, 1.807) is 12.4 Å². The molecular weight excluding hydrogens is 342 g/mol. The second-order valence-electron chi connectivity index (χ2n) is 8.13. The zero-order valence-electron chi connectivity index (χ0n) is 15.4. The summed E-state index contributed by atoms with van der Waals surface area (Å²) in [5, 5.41) is 0. The average molecular weight is 367 g/mol. The Bertz CT molecular complexity index is 898. The number of imidazole rings is 1. The van der Waals surface area contributed by atoms with Crippen LogP contribution in [0.5, 0.6) is 0 Å². The van der Waals surface area contributed by atoms with Crippen molar-refractivity contribution in [2.75, 3.05) is 26.2 Å². The third-order valence-corrected chi connectivity index (χ3v) is 6.26. The van der Waals surface area contributed by atoms with Gasteiger partial charge in [0.15, 0.2) is 5.82 Å². The van der Waals surface area contributed by atoms with Crippen molar-refractivity contribution in [1.29, 1.82) is 0 Å². The molecule has 0 unspecified atom stereocenters.